The first-order valence-electron chi connectivity index (χ1n) is 8.94. The van der Waals surface area contributed by atoms with E-state index in [0.29, 0.717) is 28.3 Å². The van der Waals surface area contributed by atoms with E-state index in [1.54, 1.807) is 28.8 Å². The van der Waals surface area contributed by atoms with Gasteiger partial charge in [-0.15, -0.1) is 11.3 Å². The maximum absolute atomic E-state index is 13.0. The van der Waals surface area contributed by atoms with E-state index in [2.05, 4.69) is 10.3 Å². The zero-order valence-electron chi connectivity index (χ0n) is 15.9. The predicted octanol–water partition coefficient (Wildman–Crippen LogP) is 3.95. The highest BCUT2D eigenvalue weighted by molar-refractivity contribution is 7.99. The topological polar surface area (TPSA) is 87.8 Å². The van der Waals surface area contributed by atoms with Crippen LogP contribution in [0.25, 0.3) is 10.2 Å². The van der Waals surface area contributed by atoms with Crippen molar-refractivity contribution in [3.8, 4) is 6.07 Å². The van der Waals surface area contributed by atoms with E-state index >= 15 is 0 Å². The fourth-order valence-corrected chi connectivity index (χ4v) is 5.02. The molecular formula is C20H20N4O2S2. The van der Waals surface area contributed by atoms with Gasteiger partial charge in [0, 0.05) is 17.1 Å². The molecule has 1 amide bonds. The molecule has 1 N–H and O–H groups in total. The maximum Gasteiger partial charge on any atom is 0.263 e. The Hall–Kier alpha value is -2.63. The first-order valence-corrected chi connectivity index (χ1v) is 10.7. The van der Waals surface area contributed by atoms with Gasteiger partial charge < -0.3 is 5.32 Å². The lowest BCUT2D eigenvalue weighted by molar-refractivity contribution is -0.113. The van der Waals surface area contributed by atoms with Crippen molar-refractivity contribution < 1.29 is 4.79 Å². The minimum absolute atomic E-state index is 0.0382. The molecular weight excluding hydrogens is 392 g/mol. The molecule has 1 aromatic carbocycles. The summed E-state index contributed by atoms with van der Waals surface area (Å²) in [5, 5.41) is 12.9. The van der Waals surface area contributed by atoms with Gasteiger partial charge in [-0.05, 0) is 50.1 Å². The fraction of sp³-hybridized carbons (Fsp3) is 0.300. The van der Waals surface area contributed by atoms with Gasteiger partial charge >= 0.3 is 0 Å². The summed E-state index contributed by atoms with van der Waals surface area (Å²) >= 11 is 2.78. The number of aryl methyl sites for hydroxylation is 2. The van der Waals surface area contributed by atoms with Crippen molar-refractivity contribution in [1.29, 1.82) is 5.26 Å². The minimum atomic E-state index is -0.191. The second-order valence-electron chi connectivity index (χ2n) is 6.14. The van der Waals surface area contributed by atoms with Gasteiger partial charge in [-0.1, -0.05) is 18.7 Å². The molecule has 2 heterocycles. The number of nitrogens with one attached hydrogen (secondary N) is 1. The van der Waals surface area contributed by atoms with E-state index in [1.165, 1.54) is 23.1 Å². The summed E-state index contributed by atoms with van der Waals surface area (Å²) in [6, 6.07) is 8.72. The number of fused-ring (bicyclic) bond motifs is 1. The lowest BCUT2D eigenvalue weighted by atomic mass is 10.1. The van der Waals surface area contributed by atoms with Crippen LogP contribution in [0.2, 0.25) is 0 Å². The summed E-state index contributed by atoms with van der Waals surface area (Å²) in [5.74, 6) is -0.0496. The molecule has 0 radical (unpaired) electrons. The average molecular weight is 413 g/mol. The molecule has 144 valence electrons. The number of thioether (sulfide) groups is 1. The molecule has 28 heavy (non-hydrogen) atoms. The van der Waals surface area contributed by atoms with Gasteiger partial charge in [0.2, 0.25) is 5.91 Å². The van der Waals surface area contributed by atoms with Crippen LogP contribution in [0.3, 0.4) is 0 Å². The summed E-state index contributed by atoms with van der Waals surface area (Å²) in [5.41, 5.74) is 2.19. The van der Waals surface area contributed by atoms with Crippen molar-refractivity contribution in [2.24, 2.45) is 0 Å². The van der Waals surface area contributed by atoms with Gasteiger partial charge in [0.25, 0.3) is 5.56 Å². The Morgan fingerprint density at radius 1 is 1.32 bits per heavy atom. The Morgan fingerprint density at radius 2 is 2.04 bits per heavy atom. The van der Waals surface area contributed by atoms with Gasteiger partial charge in [-0.2, -0.15) is 5.26 Å². The summed E-state index contributed by atoms with van der Waals surface area (Å²) in [6.07, 6.45) is 0.798. The average Bonchev–Trinajstić information content (AvgIpc) is 3.02. The van der Waals surface area contributed by atoms with Crippen LogP contribution in [0.15, 0.2) is 34.2 Å². The zero-order chi connectivity index (χ0) is 20.3. The van der Waals surface area contributed by atoms with E-state index in [0.717, 1.165) is 21.7 Å². The Kier molecular flexibility index (Phi) is 6.17. The SMILES string of the molecule is CCc1c(C)sc2nc(SCC(=O)Nc3ccc(C#N)cc3)n(CC)c(=O)c12. The molecule has 6 nitrogen and oxygen atoms in total. The standard InChI is InChI=1S/C20H20N4O2S2/c1-4-15-12(3)28-18-17(15)19(26)24(5-2)20(23-18)27-11-16(25)22-14-8-6-13(10-21)7-9-14/h6-9H,4-5,11H2,1-3H3,(H,22,25). The highest BCUT2D eigenvalue weighted by Gasteiger charge is 2.18. The van der Waals surface area contributed by atoms with Crippen molar-refractivity contribution in [3.63, 3.8) is 0 Å². The van der Waals surface area contributed by atoms with Crippen LogP contribution >= 0.6 is 23.1 Å². The van der Waals surface area contributed by atoms with Crippen LogP contribution in [0.4, 0.5) is 5.69 Å². The van der Waals surface area contributed by atoms with E-state index in [9.17, 15) is 9.59 Å². The van der Waals surface area contributed by atoms with Gasteiger partial charge in [0.05, 0.1) is 22.8 Å². The molecule has 8 heteroatoms. The number of thiophene rings is 1. The summed E-state index contributed by atoms with van der Waals surface area (Å²) < 4.78 is 1.63. The first-order chi connectivity index (χ1) is 13.5. The van der Waals surface area contributed by atoms with Crippen LogP contribution < -0.4 is 10.9 Å². The monoisotopic (exact) mass is 412 g/mol. The molecule has 0 bridgehead atoms. The number of hydrogen-bond donors (Lipinski definition) is 1. The van der Waals surface area contributed by atoms with Crippen LogP contribution in [0.1, 0.15) is 29.9 Å². The van der Waals surface area contributed by atoms with E-state index in [4.69, 9.17) is 5.26 Å². The number of rotatable bonds is 6. The number of carbonyl (C=O) groups is 1. The van der Waals surface area contributed by atoms with Crippen molar-refractivity contribution in [3.05, 3.63) is 50.6 Å². The Bertz CT molecular complexity index is 1120. The number of anilines is 1. The number of nitriles is 1. The quantitative estimate of drug-likeness (QED) is 0.489. The van der Waals surface area contributed by atoms with Crippen LogP contribution in [-0.4, -0.2) is 21.2 Å². The molecule has 0 aliphatic carbocycles. The smallest absolute Gasteiger partial charge is 0.263 e. The molecule has 0 atom stereocenters. The van der Waals surface area contributed by atoms with Crippen molar-refractivity contribution in [2.45, 2.75) is 38.9 Å². The fourth-order valence-electron chi connectivity index (χ4n) is 3.00. The van der Waals surface area contributed by atoms with Crippen molar-refractivity contribution in [1.82, 2.24) is 9.55 Å². The minimum Gasteiger partial charge on any atom is -0.325 e. The zero-order valence-corrected chi connectivity index (χ0v) is 17.5. The van der Waals surface area contributed by atoms with Gasteiger partial charge in [-0.25, -0.2) is 4.98 Å². The van der Waals surface area contributed by atoms with Gasteiger partial charge in [-0.3, -0.25) is 14.2 Å². The maximum atomic E-state index is 13.0. The lowest BCUT2D eigenvalue weighted by Gasteiger charge is -2.10. The molecule has 0 unspecified atom stereocenters. The molecule has 3 aromatic rings. The molecule has 2 aromatic heterocycles. The molecule has 3 rings (SSSR count). The normalized spacial score (nSPS) is 10.8. The second-order valence-corrected chi connectivity index (χ2v) is 8.29. The molecule has 0 fully saturated rings. The van der Waals surface area contributed by atoms with Crippen LogP contribution in [0, 0.1) is 18.3 Å². The lowest BCUT2D eigenvalue weighted by Crippen LogP contribution is -2.23. The summed E-state index contributed by atoms with van der Waals surface area (Å²) in [7, 11) is 0. The Labute approximate surface area is 171 Å². The number of benzene rings is 1. The highest BCUT2D eigenvalue weighted by atomic mass is 32.2. The molecule has 0 aliphatic rings. The third-order valence-corrected chi connectivity index (χ3v) is 6.40. The number of carbonyl (C=O) groups excluding carboxylic acids is 1. The molecule has 0 saturated heterocycles. The van der Waals surface area contributed by atoms with E-state index in [1.807, 2.05) is 26.8 Å². The van der Waals surface area contributed by atoms with Crippen LogP contribution in [0.5, 0.6) is 0 Å². The van der Waals surface area contributed by atoms with E-state index < -0.39 is 0 Å². The summed E-state index contributed by atoms with van der Waals surface area (Å²) in [4.78, 5) is 31.8. The Morgan fingerprint density at radius 3 is 2.64 bits per heavy atom. The first kappa shape index (κ1) is 20.1. The number of nitrogens with zero attached hydrogens (tertiary/aromatic N) is 3. The van der Waals surface area contributed by atoms with Crippen molar-refractivity contribution >= 4 is 44.9 Å². The largest absolute Gasteiger partial charge is 0.325 e. The van der Waals surface area contributed by atoms with E-state index in [-0.39, 0.29) is 17.2 Å². The molecule has 0 spiro atoms. The van der Waals surface area contributed by atoms with Crippen molar-refractivity contribution in [2.75, 3.05) is 11.1 Å². The Balaban J connectivity index is 1.80. The third-order valence-electron chi connectivity index (χ3n) is 4.38. The predicted molar refractivity (Wildman–Crippen MR) is 114 cm³/mol. The van der Waals surface area contributed by atoms with Gasteiger partial charge in [0.1, 0.15) is 4.83 Å². The molecule has 0 aliphatic heterocycles. The highest BCUT2D eigenvalue weighted by Crippen LogP contribution is 2.29. The number of aromatic nitrogens is 2. The molecule has 0 saturated carbocycles. The third kappa shape index (κ3) is 3.96. The number of hydrogen-bond acceptors (Lipinski definition) is 6. The number of amides is 1. The van der Waals surface area contributed by atoms with Gasteiger partial charge in [0.15, 0.2) is 5.16 Å². The second kappa shape index (κ2) is 8.59. The van der Waals surface area contributed by atoms with Crippen LogP contribution in [-0.2, 0) is 17.8 Å². The summed E-state index contributed by atoms with van der Waals surface area (Å²) in [6.45, 7) is 6.46.